The number of benzene rings is 1. The SMILES string of the molecule is CN(Cc1cc(Br)cs1)C(=O)C1Cc2ccccc2N1. The molecule has 1 aromatic heterocycles. The van der Waals surface area contributed by atoms with Gasteiger partial charge in [0, 0.05) is 33.9 Å². The largest absolute Gasteiger partial charge is 0.373 e. The molecule has 1 N–H and O–H groups in total. The van der Waals surface area contributed by atoms with E-state index in [0.29, 0.717) is 6.54 Å². The molecule has 0 radical (unpaired) electrons. The highest BCUT2D eigenvalue weighted by atomic mass is 79.9. The standard InChI is InChI=1S/C15H15BrN2OS/c1-18(8-12-7-11(16)9-20-12)15(19)14-6-10-4-2-3-5-13(10)17-14/h2-5,7,9,14,17H,6,8H2,1H3. The summed E-state index contributed by atoms with van der Waals surface area (Å²) < 4.78 is 1.07. The van der Waals surface area contributed by atoms with Crippen molar-refractivity contribution in [1.82, 2.24) is 4.90 Å². The molecule has 0 saturated heterocycles. The quantitative estimate of drug-likeness (QED) is 0.918. The summed E-state index contributed by atoms with van der Waals surface area (Å²) in [7, 11) is 1.86. The van der Waals surface area contributed by atoms with Crippen molar-refractivity contribution >= 4 is 38.9 Å². The molecule has 1 aromatic carbocycles. The number of nitrogens with one attached hydrogen (secondary N) is 1. The summed E-state index contributed by atoms with van der Waals surface area (Å²) in [5.41, 5.74) is 2.30. The first-order valence-corrected chi connectivity index (χ1v) is 8.13. The van der Waals surface area contributed by atoms with E-state index in [2.05, 4.69) is 33.4 Å². The Balaban J connectivity index is 1.65. The third-order valence-corrected chi connectivity index (χ3v) is 5.14. The highest BCUT2D eigenvalue weighted by Gasteiger charge is 2.28. The molecule has 2 aromatic rings. The number of anilines is 1. The zero-order valence-electron chi connectivity index (χ0n) is 11.1. The average Bonchev–Trinajstić information content (AvgIpc) is 3.03. The average molecular weight is 351 g/mol. The number of carbonyl (C=O) groups excluding carboxylic acids is 1. The topological polar surface area (TPSA) is 32.3 Å². The molecule has 0 fully saturated rings. The molecule has 1 atom stereocenters. The van der Waals surface area contributed by atoms with Crippen LogP contribution in [0.25, 0.3) is 0 Å². The van der Waals surface area contributed by atoms with Gasteiger partial charge in [0.1, 0.15) is 6.04 Å². The Morgan fingerprint density at radius 3 is 3.00 bits per heavy atom. The summed E-state index contributed by atoms with van der Waals surface area (Å²) in [4.78, 5) is 15.5. The van der Waals surface area contributed by atoms with Crippen molar-refractivity contribution in [3.63, 3.8) is 0 Å². The number of carbonyl (C=O) groups is 1. The van der Waals surface area contributed by atoms with Crippen LogP contribution >= 0.6 is 27.3 Å². The molecule has 2 heterocycles. The Morgan fingerprint density at radius 2 is 2.30 bits per heavy atom. The lowest BCUT2D eigenvalue weighted by molar-refractivity contribution is -0.131. The van der Waals surface area contributed by atoms with Crippen LogP contribution in [0.15, 0.2) is 40.2 Å². The molecule has 3 rings (SSSR count). The number of fused-ring (bicyclic) bond motifs is 1. The van der Waals surface area contributed by atoms with E-state index in [1.54, 1.807) is 16.2 Å². The van der Waals surface area contributed by atoms with Crippen LogP contribution in [-0.4, -0.2) is 23.9 Å². The smallest absolute Gasteiger partial charge is 0.245 e. The van der Waals surface area contributed by atoms with Crippen LogP contribution in [0.2, 0.25) is 0 Å². The van der Waals surface area contributed by atoms with Gasteiger partial charge >= 0.3 is 0 Å². The summed E-state index contributed by atoms with van der Waals surface area (Å²) in [6.45, 7) is 0.656. The molecule has 0 aliphatic carbocycles. The summed E-state index contributed by atoms with van der Waals surface area (Å²) in [5.74, 6) is 0.144. The van der Waals surface area contributed by atoms with Crippen LogP contribution in [0.4, 0.5) is 5.69 Å². The van der Waals surface area contributed by atoms with Gasteiger partial charge < -0.3 is 10.2 Å². The number of halogens is 1. The van der Waals surface area contributed by atoms with E-state index in [1.807, 2.05) is 30.6 Å². The molecule has 0 saturated carbocycles. The minimum atomic E-state index is -0.138. The highest BCUT2D eigenvalue weighted by molar-refractivity contribution is 9.10. The number of nitrogens with zero attached hydrogens (tertiary/aromatic N) is 1. The number of thiophene rings is 1. The zero-order chi connectivity index (χ0) is 14.1. The van der Waals surface area contributed by atoms with Gasteiger partial charge in [-0.25, -0.2) is 0 Å². The van der Waals surface area contributed by atoms with Gasteiger partial charge in [0.25, 0.3) is 0 Å². The number of hydrogen-bond acceptors (Lipinski definition) is 3. The van der Waals surface area contributed by atoms with Crippen LogP contribution < -0.4 is 5.32 Å². The van der Waals surface area contributed by atoms with Gasteiger partial charge in [0.2, 0.25) is 5.91 Å². The minimum Gasteiger partial charge on any atom is -0.373 e. The first-order valence-electron chi connectivity index (χ1n) is 6.46. The highest BCUT2D eigenvalue weighted by Crippen LogP contribution is 2.26. The second kappa shape index (κ2) is 5.58. The maximum atomic E-state index is 12.5. The number of rotatable bonds is 3. The molecule has 1 amide bonds. The van der Waals surface area contributed by atoms with E-state index in [4.69, 9.17) is 0 Å². The summed E-state index contributed by atoms with van der Waals surface area (Å²) in [5, 5.41) is 5.35. The fourth-order valence-corrected chi connectivity index (χ4v) is 3.96. The summed E-state index contributed by atoms with van der Waals surface area (Å²) >= 11 is 5.10. The molecule has 1 aliphatic rings. The van der Waals surface area contributed by atoms with Crippen molar-refractivity contribution in [2.24, 2.45) is 0 Å². The molecule has 5 heteroatoms. The van der Waals surface area contributed by atoms with Crippen LogP contribution in [0.1, 0.15) is 10.4 Å². The molecule has 0 spiro atoms. The van der Waals surface area contributed by atoms with Crippen molar-refractivity contribution < 1.29 is 4.79 Å². The van der Waals surface area contributed by atoms with Crippen LogP contribution in [-0.2, 0) is 17.8 Å². The predicted molar refractivity (Wildman–Crippen MR) is 86.0 cm³/mol. The Hall–Kier alpha value is -1.33. The van der Waals surface area contributed by atoms with Gasteiger partial charge in [-0.3, -0.25) is 4.79 Å². The fourth-order valence-electron chi connectivity index (χ4n) is 2.46. The molecule has 1 aliphatic heterocycles. The van der Waals surface area contributed by atoms with Gasteiger partial charge in [-0.05, 0) is 33.6 Å². The second-order valence-electron chi connectivity index (χ2n) is 4.98. The van der Waals surface area contributed by atoms with Crippen LogP contribution in [0.5, 0.6) is 0 Å². The number of para-hydroxylation sites is 1. The third kappa shape index (κ3) is 2.74. The first kappa shape index (κ1) is 13.6. The number of amides is 1. The molecule has 0 bridgehead atoms. The van der Waals surface area contributed by atoms with Crippen LogP contribution in [0.3, 0.4) is 0 Å². The maximum absolute atomic E-state index is 12.5. The van der Waals surface area contributed by atoms with E-state index in [1.165, 1.54) is 10.4 Å². The van der Waals surface area contributed by atoms with Gasteiger partial charge in [-0.15, -0.1) is 11.3 Å². The molecule has 3 nitrogen and oxygen atoms in total. The monoisotopic (exact) mass is 350 g/mol. The first-order chi connectivity index (χ1) is 9.63. The molecular formula is C15H15BrN2OS. The summed E-state index contributed by atoms with van der Waals surface area (Å²) in [6, 6.07) is 10.0. The van der Waals surface area contributed by atoms with E-state index >= 15 is 0 Å². The number of likely N-dealkylation sites (N-methyl/N-ethyl adjacent to an activating group) is 1. The summed E-state index contributed by atoms with van der Waals surface area (Å²) in [6.07, 6.45) is 0.771. The Labute approximate surface area is 130 Å². The second-order valence-corrected chi connectivity index (χ2v) is 6.90. The van der Waals surface area contributed by atoms with E-state index in [-0.39, 0.29) is 11.9 Å². The number of hydrogen-bond donors (Lipinski definition) is 1. The molecule has 20 heavy (non-hydrogen) atoms. The van der Waals surface area contributed by atoms with Gasteiger partial charge in [0.05, 0.1) is 6.54 Å². The van der Waals surface area contributed by atoms with Crippen molar-refractivity contribution in [3.05, 3.63) is 50.6 Å². The van der Waals surface area contributed by atoms with Gasteiger partial charge in [0.15, 0.2) is 0 Å². The lowest BCUT2D eigenvalue weighted by Crippen LogP contribution is -2.39. The molecule has 1 unspecified atom stereocenters. The van der Waals surface area contributed by atoms with Crippen molar-refractivity contribution in [2.45, 2.75) is 19.0 Å². The van der Waals surface area contributed by atoms with Crippen molar-refractivity contribution in [1.29, 1.82) is 0 Å². The van der Waals surface area contributed by atoms with Gasteiger partial charge in [-0.1, -0.05) is 18.2 Å². The van der Waals surface area contributed by atoms with E-state index in [0.717, 1.165) is 16.6 Å². The van der Waals surface area contributed by atoms with Gasteiger partial charge in [-0.2, -0.15) is 0 Å². The normalized spacial score (nSPS) is 16.6. The Bertz CT molecular complexity index is 615. The third-order valence-electron chi connectivity index (χ3n) is 3.46. The van der Waals surface area contributed by atoms with Crippen LogP contribution in [0, 0.1) is 0 Å². The molecule has 104 valence electrons. The Kier molecular flexibility index (Phi) is 3.81. The fraction of sp³-hybridized carbons (Fsp3) is 0.267. The van der Waals surface area contributed by atoms with E-state index < -0.39 is 0 Å². The molecular weight excluding hydrogens is 336 g/mol. The lowest BCUT2D eigenvalue weighted by Gasteiger charge is -2.20. The minimum absolute atomic E-state index is 0.138. The van der Waals surface area contributed by atoms with Crippen molar-refractivity contribution in [2.75, 3.05) is 12.4 Å². The predicted octanol–water partition coefficient (Wildman–Crippen LogP) is 3.51. The maximum Gasteiger partial charge on any atom is 0.245 e. The lowest BCUT2D eigenvalue weighted by atomic mass is 10.1. The van der Waals surface area contributed by atoms with E-state index in [9.17, 15) is 4.79 Å². The zero-order valence-corrected chi connectivity index (χ0v) is 13.5. The van der Waals surface area contributed by atoms with Crippen molar-refractivity contribution in [3.8, 4) is 0 Å². The Morgan fingerprint density at radius 1 is 1.50 bits per heavy atom.